The molecule has 0 radical (unpaired) electrons. The van der Waals surface area contributed by atoms with Gasteiger partial charge < -0.3 is 19.7 Å². The van der Waals surface area contributed by atoms with E-state index in [1.54, 1.807) is 11.8 Å². The number of hydrogen-bond acceptors (Lipinski definition) is 6. The van der Waals surface area contributed by atoms with E-state index in [1.165, 1.54) is 25.6 Å². The average Bonchev–Trinajstić information content (AvgIpc) is 2.89. The van der Waals surface area contributed by atoms with Gasteiger partial charge in [-0.2, -0.15) is 0 Å². The van der Waals surface area contributed by atoms with Crippen molar-refractivity contribution in [3.05, 3.63) is 16.0 Å². The van der Waals surface area contributed by atoms with E-state index in [4.69, 9.17) is 9.47 Å². The number of nitrogens with one attached hydrogen (secondary N) is 1. The van der Waals surface area contributed by atoms with Crippen LogP contribution < -0.4 is 5.32 Å². The Morgan fingerprint density at radius 2 is 2.00 bits per heavy atom. The van der Waals surface area contributed by atoms with Crippen molar-refractivity contribution in [2.45, 2.75) is 26.3 Å². The summed E-state index contributed by atoms with van der Waals surface area (Å²) in [5.74, 6) is -0.649. The maximum absolute atomic E-state index is 12.0. The van der Waals surface area contributed by atoms with Gasteiger partial charge in [0.25, 0.3) is 0 Å². The van der Waals surface area contributed by atoms with Gasteiger partial charge in [0.15, 0.2) is 0 Å². The SMILES string of the molecule is CCC(=O)Nc1sc2c(c1C(=O)OC)CCN(C(=O)OC)C2. The highest BCUT2D eigenvalue weighted by Gasteiger charge is 2.30. The van der Waals surface area contributed by atoms with Crippen molar-refractivity contribution in [2.75, 3.05) is 26.1 Å². The Hall–Kier alpha value is -2.09. The van der Waals surface area contributed by atoms with Gasteiger partial charge in [-0.1, -0.05) is 6.92 Å². The maximum atomic E-state index is 12.0. The molecular formula is C14H18N2O5S. The van der Waals surface area contributed by atoms with Gasteiger partial charge in [-0.25, -0.2) is 9.59 Å². The molecule has 1 aliphatic rings. The van der Waals surface area contributed by atoms with Crippen molar-refractivity contribution in [3.63, 3.8) is 0 Å². The summed E-state index contributed by atoms with van der Waals surface area (Å²) in [6.45, 7) is 2.56. The van der Waals surface area contributed by atoms with Crippen LogP contribution in [-0.4, -0.2) is 43.6 Å². The summed E-state index contributed by atoms with van der Waals surface area (Å²) in [7, 11) is 2.64. The molecule has 7 nitrogen and oxygen atoms in total. The monoisotopic (exact) mass is 326 g/mol. The van der Waals surface area contributed by atoms with E-state index in [-0.39, 0.29) is 5.91 Å². The van der Waals surface area contributed by atoms with Gasteiger partial charge in [-0.15, -0.1) is 11.3 Å². The second kappa shape index (κ2) is 6.78. The highest BCUT2D eigenvalue weighted by Crippen LogP contribution is 2.37. The lowest BCUT2D eigenvalue weighted by Gasteiger charge is -2.25. The number of thiophene rings is 1. The van der Waals surface area contributed by atoms with Gasteiger partial charge in [-0.05, 0) is 12.0 Å². The lowest BCUT2D eigenvalue weighted by molar-refractivity contribution is -0.115. The molecule has 1 N–H and O–H groups in total. The van der Waals surface area contributed by atoms with E-state index in [9.17, 15) is 14.4 Å². The van der Waals surface area contributed by atoms with Crippen LogP contribution >= 0.6 is 11.3 Å². The third-order valence-electron chi connectivity index (χ3n) is 3.45. The van der Waals surface area contributed by atoms with Crippen LogP contribution in [0.5, 0.6) is 0 Å². The molecule has 22 heavy (non-hydrogen) atoms. The summed E-state index contributed by atoms with van der Waals surface area (Å²) in [6, 6.07) is 0. The van der Waals surface area contributed by atoms with Crippen molar-refractivity contribution < 1.29 is 23.9 Å². The molecule has 0 aromatic carbocycles. The van der Waals surface area contributed by atoms with Crippen LogP contribution in [0.15, 0.2) is 0 Å². The van der Waals surface area contributed by atoms with Crippen LogP contribution in [0.1, 0.15) is 34.1 Å². The Labute approximate surface area is 132 Å². The van der Waals surface area contributed by atoms with Gasteiger partial charge in [0, 0.05) is 17.8 Å². The zero-order valence-electron chi connectivity index (χ0n) is 12.7. The Kier molecular flexibility index (Phi) is 5.02. The van der Waals surface area contributed by atoms with Gasteiger partial charge >= 0.3 is 12.1 Å². The number of rotatable bonds is 3. The minimum Gasteiger partial charge on any atom is -0.465 e. The molecule has 1 aromatic heterocycles. The molecule has 2 rings (SSSR count). The summed E-state index contributed by atoms with van der Waals surface area (Å²) in [6.07, 6.45) is 0.433. The molecule has 0 fully saturated rings. The van der Waals surface area contributed by atoms with Crippen molar-refractivity contribution in [1.29, 1.82) is 0 Å². The lowest BCUT2D eigenvalue weighted by atomic mass is 10.0. The summed E-state index contributed by atoms with van der Waals surface area (Å²) in [5.41, 5.74) is 1.23. The number of nitrogens with zero attached hydrogens (tertiary/aromatic N) is 1. The number of ether oxygens (including phenoxy) is 2. The van der Waals surface area contributed by atoms with Crippen LogP contribution in [0, 0.1) is 0 Å². The molecule has 0 spiro atoms. The van der Waals surface area contributed by atoms with E-state index in [0.29, 0.717) is 36.5 Å². The third-order valence-corrected chi connectivity index (χ3v) is 4.59. The quantitative estimate of drug-likeness (QED) is 0.859. The standard InChI is InChI=1S/C14H18N2O5S/c1-4-10(17)15-12-11(13(18)20-2)8-5-6-16(14(19)21-3)7-9(8)22-12/h4-7H2,1-3H3,(H,15,17). The maximum Gasteiger partial charge on any atom is 0.409 e. The molecule has 2 amide bonds. The number of fused-ring (bicyclic) bond motifs is 1. The summed E-state index contributed by atoms with van der Waals surface area (Å²) >= 11 is 1.30. The zero-order valence-corrected chi connectivity index (χ0v) is 13.5. The van der Waals surface area contributed by atoms with Crippen molar-refractivity contribution in [1.82, 2.24) is 4.90 Å². The molecule has 2 heterocycles. The highest BCUT2D eigenvalue weighted by atomic mass is 32.1. The fourth-order valence-electron chi connectivity index (χ4n) is 2.31. The van der Waals surface area contributed by atoms with E-state index in [0.717, 1.165) is 10.4 Å². The van der Waals surface area contributed by atoms with Crippen LogP contribution in [0.2, 0.25) is 0 Å². The summed E-state index contributed by atoms with van der Waals surface area (Å²) in [4.78, 5) is 37.7. The summed E-state index contributed by atoms with van der Waals surface area (Å²) < 4.78 is 9.55. The normalized spacial score (nSPS) is 13.3. The second-order valence-electron chi connectivity index (χ2n) is 4.74. The Bertz CT molecular complexity index is 611. The van der Waals surface area contributed by atoms with E-state index < -0.39 is 12.1 Å². The number of carbonyl (C=O) groups is 3. The topological polar surface area (TPSA) is 84.9 Å². The van der Waals surface area contributed by atoms with E-state index in [1.807, 2.05) is 0 Å². The molecule has 0 aliphatic carbocycles. The van der Waals surface area contributed by atoms with Crippen LogP contribution in [0.3, 0.4) is 0 Å². The molecule has 0 atom stereocenters. The van der Waals surface area contributed by atoms with E-state index in [2.05, 4.69) is 5.32 Å². The van der Waals surface area contributed by atoms with Crippen LogP contribution in [0.4, 0.5) is 9.80 Å². The molecule has 1 aromatic rings. The molecule has 0 unspecified atom stereocenters. The first kappa shape index (κ1) is 16.3. The number of hydrogen-bond donors (Lipinski definition) is 1. The Balaban J connectivity index is 2.37. The molecule has 8 heteroatoms. The van der Waals surface area contributed by atoms with Gasteiger partial charge in [0.05, 0.1) is 26.3 Å². The third kappa shape index (κ3) is 3.06. The molecule has 120 valence electrons. The van der Waals surface area contributed by atoms with Gasteiger partial charge in [0.2, 0.25) is 5.91 Å². The first-order chi connectivity index (χ1) is 10.5. The van der Waals surface area contributed by atoms with Crippen molar-refractivity contribution in [3.8, 4) is 0 Å². The lowest BCUT2D eigenvalue weighted by Crippen LogP contribution is -2.35. The molecule has 0 saturated heterocycles. The molecular weight excluding hydrogens is 308 g/mol. The predicted molar refractivity (Wildman–Crippen MR) is 81.1 cm³/mol. The fraction of sp³-hybridized carbons (Fsp3) is 0.500. The fourth-order valence-corrected chi connectivity index (χ4v) is 3.58. The zero-order chi connectivity index (χ0) is 16.3. The Morgan fingerprint density at radius 1 is 1.27 bits per heavy atom. The minimum absolute atomic E-state index is 0.173. The highest BCUT2D eigenvalue weighted by molar-refractivity contribution is 7.17. The smallest absolute Gasteiger partial charge is 0.409 e. The average molecular weight is 326 g/mol. The van der Waals surface area contributed by atoms with Gasteiger partial charge in [0.1, 0.15) is 5.00 Å². The largest absolute Gasteiger partial charge is 0.465 e. The number of methoxy groups -OCH3 is 2. The Morgan fingerprint density at radius 3 is 2.59 bits per heavy atom. The van der Waals surface area contributed by atoms with Crippen molar-refractivity contribution >= 4 is 34.3 Å². The second-order valence-corrected chi connectivity index (χ2v) is 5.85. The number of anilines is 1. The van der Waals surface area contributed by atoms with E-state index >= 15 is 0 Å². The van der Waals surface area contributed by atoms with Crippen LogP contribution in [0.25, 0.3) is 0 Å². The first-order valence-electron chi connectivity index (χ1n) is 6.87. The first-order valence-corrected chi connectivity index (χ1v) is 7.69. The van der Waals surface area contributed by atoms with Gasteiger partial charge in [-0.3, -0.25) is 4.79 Å². The number of carbonyl (C=O) groups excluding carboxylic acids is 3. The minimum atomic E-state index is -0.476. The number of esters is 1. The molecule has 1 aliphatic heterocycles. The molecule has 0 bridgehead atoms. The van der Waals surface area contributed by atoms with Crippen LogP contribution in [-0.2, 0) is 27.2 Å². The van der Waals surface area contributed by atoms with Crippen molar-refractivity contribution in [2.24, 2.45) is 0 Å². The number of amides is 2. The summed E-state index contributed by atoms with van der Waals surface area (Å²) in [5, 5.41) is 3.22. The predicted octanol–water partition coefficient (Wildman–Crippen LogP) is 2.01. The molecule has 0 saturated carbocycles.